The van der Waals surface area contributed by atoms with Gasteiger partial charge in [0, 0.05) is 11.1 Å². The van der Waals surface area contributed by atoms with E-state index in [1.54, 1.807) is 31.2 Å². The lowest BCUT2D eigenvalue weighted by molar-refractivity contribution is 0.0846. The minimum Gasteiger partial charge on any atom is -0.360 e. The number of rotatable bonds is 3. The summed E-state index contributed by atoms with van der Waals surface area (Å²) in [6.45, 7) is 1.56. The van der Waals surface area contributed by atoms with Crippen molar-refractivity contribution in [2.75, 3.05) is 0 Å². The van der Waals surface area contributed by atoms with Crippen LogP contribution in [0.2, 0.25) is 10.0 Å². The zero-order chi connectivity index (χ0) is 19.6. The highest BCUT2D eigenvalue weighted by Gasteiger charge is 2.23. The van der Waals surface area contributed by atoms with Crippen molar-refractivity contribution in [2.45, 2.75) is 6.92 Å². The Morgan fingerprint density at radius 2 is 1.74 bits per heavy atom. The molecule has 0 aliphatic rings. The predicted molar refractivity (Wildman–Crippen MR) is 98.0 cm³/mol. The van der Waals surface area contributed by atoms with Gasteiger partial charge in [0.1, 0.15) is 22.8 Å². The Bertz CT molecular complexity index is 1040. The summed E-state index contributed by atoms with van der Waals surface area (Å²) >= 11 is 11.8. The van der Waals surface area contributed by atoms with Crippen LogP contribution in [-0.2, 0) is 0 Å². The van der Waals surface area contributed by atoms with Gasteiger partial charge in [-0.25, -0.2) is 4.39 Å². The highest BCUT2D eigenvalue weighted by molar-refractivity contribution is 6.33. The number of carbonyl (C=O) groups excluding carboxylic acids is 2. The van der Waals surface area contributed by atoms with Crippen LogP contribution in [0.4, 0.5) is 4.39 Å². The van der Waals surface area contributed by atoms with Crippen molar-refractivity contribution in [3.63, 3.8) is 0 Å². The summed E-state index contributed by atoms with van der Waals surface area (Å²) < 4.78 is 18.3. The summed E-state index contributed by atoms with van der Waals surface area (Å²) in [5, 5.41) is 4.07. The van der Waals surface area contributed by atoms with Crippen LogP contribution in [0, 0.1) is 12.7 Å². The lowest BCUT2D eigenvalue weighted by atomic mass is 10.1. The number of aromatic nitrogens is 1. The number of nitrogens with one attached hydrogen (secondary N) is 2. The maximum atomic E-state index is 13.2. The van der Waals surface area contributed by atoms with Gasteiger partial charge in [0.2, 0.25) is 0 Å². The predicted octanol–water partition coefficient (Wildman–Crippen LogP) is 4.17. The van der Waals surface area contributed by atoms with Gasteiger partial charge in [-0.15, -0.1) is 0 Å². The number of halogens is 3. The van der Waals surface area contributed by atoms with Crippen molar-refractivity contribution >= 4 is 35.0 Å². The Balaban J connectivity index is 1.79. The second-order valence-corrected chi connectivity index (χ2v) is 6.29. The molecule has 0 saturated carbocycles. The Kier molecular flexibility index (Phi) is 5.43. The third-order valence-electron chi connectivity index (χ3n) is 3.69. The van der Waals surface area contributed by atoms with Crippen LogP contribution in [0.1, 0.15) is 26.5 Å². The molecular formula is C18H12Cl2FN3O3. The van der Waals surface area contributed by atoms with Gasteiger partial charge in [0.25, 0.3) is 11.8 Å². The molecule has 2 amide bonds. The molecule has 0 atom stereocenters. The number of nitrogens with zero attached hydrogens (tertiary/aromatic N) is 1. The summed E-state index contributed by atoms with van der Waals surface area (Å²) in [6.07, 6.45) is 0. The molecule has 0 unspecified atom stereocenters. The summed E-state index contributed by atoms with van der Waals surface area (Å²) in [5.74, 6) is -1.72. The molecule has 0 bridgehead atoms. The number of hydrogen-bond acceptors (Lipinski definition) is 4. The molecule has 2 N–H and O–H groups in total. The SMILES string of the molecule is Cc1onc(-c2ccccc2Cl)c1C(=O)NNC(=O)c1ccc(F)c(Cl)c1. The summed E-state index contributed by atoms with van der Waals surface area (Å²) in [7, 11) is 0. The number of benzene rings is 2. The maximum Gasteiger partial charge on any atom is 0.275 e. The molecule has 0 radical (unpaired) electrons. The van der Waals surface area contributed by atoms with E-state index in [0.717, 1.165) is 12.1 Å². The summed E-state index contributed by atoms with van der Waals surface area (Å²) in [4.78, 5) is 24.6. The number of hydrogen-bond donors (Lipinski definition) is 2. The summed E-state index contributed by atoms with van der Waals surface area (Å²) in [5.41, 5.74) is 5.46. The average molecular weight is 408 g/mol. The van der Waals surface area contributed by atoms with Crippen LogP contribution < -0.4 is 10.9 Å². The van der Waals surface area contributed by atoms with E-state index in [1.165, 1.54) is 6.07 Å². The molecule has 1 heterocycles. The van der Waals surface area contributed by atoms with Gasteiger partial charge in [0.15, 0.2) is 0 Å². The molecule has 2 aromatic carbocycles. The fraction of sp³-hybridized carbons (Fsp3) is 0.0556. The lowest BCUT2D eigenvalue weighted by Crippen LogP contribution is -2.41. The summed E-state index contributed by atoms with van der Waals surface area (Å²) in [6, 6.07) is 10.3. The zero-order valence-corrected chi connectivity index (χ0v) is 15.4. The average Bonchev–Trinajstić information content (AvgIpc) is 3.03. The molecule has 6 nitrogen and oxygen atoms in total. The lowest BCUT2D eigenvalue weighted by Gasteiger charge is -2.08. The molecule has 1 aromatic heterocycles. The topological polar surface area (TPSA) is 84.2 Å². The molecule has 0 fully saturated rings. The van der Waals surface area contributed by atoms with Crippen molar-refractivity contribution in [2.24, 2.45) is 0 Å². The van der Waals surface area contributed by atoms with Crippen LogP contribution in [0.3, 0.4) is 0 Å². The van der Waals surface area contributed by atoms with Crippen LogP contribution in [0.25, 0.3) is 11.3 Å². The molecule has 0 spiro atoms. The van der Waals surface area contributed by atoms with E-state index in [1.807, 2.05) is 0 Å². The van der Waals surface area contributed by atoms with Crippen LogP contribution in [-0.4, -0.2) is 17.0 Å². The first-order chi connectivity index (χ1) is 12.9. The van der Waals surface area contributed by atoms with Crippen LogP contribution in [0.15, 0.2) is 47.0 Å². The first-order valence-corrected chi connectivity index (χ1v) is 8.41. The second-order valence-electron chi connectivity index (χ2n) is 5.48. The standard InChI is InChI=1S/C18H12Cl2FN3O3/c1-9-15(16(24-27-9)11-4-2-3-5-12(11)19)18(26)23-22-17(25)10-6-7-14(21)13(20)8-10/h2-8H,1H3,(H,22,25)(H,23,26). The number of carbonyl (C=O) groups is 2. The van der Waals surface area contributed by atoms with Crippen molar-refractivity contribution in [1.82, 2.24) is 16.0 Å². The van der Waals surface area contributed by atoms with Crippen molar-refractivity contribution in [1.29, 1.82) is 0 Å². The van der Waals surface area contributed by atoms with Crippen molar-refractivity contribution in [3.05, 3.63) is 75.2 Å². The molecule has 0 aliphatic carbocycles. The quantitative estimate of drug-likeness (QED) is 0.638. The maximum absolute atomic E-state index is 13.2. The van der Waals surface area contributed by atoms with E-state index in [-0.39, 0.29) is 27.6 Å². The third-order valence-corrected chi connectivity index (χ3v) is 4.31. The van der Waals surface area contributed by atoms with E-state index in [0.29, 0.717) is 10.6 Å². The fourth-order valence-electron chi connectivity index (χ4n) is 2.36. The van der Waals surface area contributed by atoms with E-state index < -0.39 is 17.6 Å². The Hall–Kier alpha value is -2.90. The Morgan fingerprint density at radius 1 is 1.04 bits per heavy atom. The number of aryl methyl sites for hydroxylation is 1. The van der Waals surface area contributed by atoms with Gasteiger partial charge in [-0.3, -0.25) is 20.4 Å². The second kappa shape index (κ2) is 7.77. The third kappa shape index (κ3) is 3.94. The Morgan fingerprint density at radius 3 is 2.44 bits per heavy atom. The van der Waals surface area contributed by atoms with Gasteiger partial charge in [-0.05, 0) is 31.2 Å². The molecule has 3 aromatic rings. The largest absolute Gasteiger partial charge is 0.360 e. The van der Waals surface area contributed by atoms with E-state index in [4.69, 9.17) is 27.7 Å². The minimum atomic E-state index is -0.668. The van der Waals surface area contributed by atoms with Gasteiger partial charge in [0.05, 0.1) is 10.0 Å². The molecule has 0 aliphatic heterocycles. The van der Waals surface area contributed by atoms with Gasteiger partial charge in [-0.1, -0.05) is 46.6 Å². The molecule has 27 heavy (non-hydrogen) atoms. The van der Waals surface area contributed by atoms with Gasteiger partial charge >= 0.3 is 0 Å². The highest BCUT2D eigenvalue weighted by Crippen LogP contribution is 2.30. The molecule has 9 heteroatoms. The normalized spacial score (nSPS) is 10.5. The van der Waals surface area contributed by atoms with Crippen molar-refractivity contribution < 1.29 is 18.5 Å². The fourth-order valence-corrected chi connectivity index (χ4v) is 2.77. The van der Waals surface area contributed by atoms with Crippen molar-refractivity contribution in [3.8, 4) is 11.3 Å². The molecule has 3 rings (SSSR count). The minimum absolute atomic E-state index is 0.0788. The molecular weight excluding hydrogens is 396 g/mol. The molecule has 0 saturated heterocycles. The number of hydrazine groups is 1. The van der Waals surface area contributed by atoms with Crippen LogP contribution >= 0.6 is 23.2 Å². The van der Waals surface area contributed by atoms with Gasteiger partial charge < -0.3 is 4.52 Å². The van der Waals surface area contributed by atoms with Crippen LogP contribution in [0.5, 0.6) is 0 Å². The highest BCUT2D eigenvalue weighted by atomic mass is 35.5. The Labute approximate surface area is 163 Å². The van der Waals surface area contributed by atoms with E-state index >= 15 is 0 Å². The van der Waals surface area contributed by atoms with E-state index in [2.05, 4.69) is 16.0 Å². The first-order valence-electron chi connectivity index (χ1n) is 7.65. The smallest absolute Gasteiger partial charge is 0.275 e. The monoisotopic (exact) mass is 407 g/mol. The molecule has 138 valence electrons. The first kappa shape index (κ1) is 18.9. The number of amides is 2. The van der Waals surface area contributed by atoms with E-state index in [9.17, 15) is 14.0 Å². The van der Waals surface area contributed by atoms with Gasteiger partial charge in [-0.2, -0.15) is 0 Å². The zero-order valence-electron chi connectivity index (χ0n) is 13.8.